The van der Waals surface area contributed by atoms with Gasteiger partial charge < -0.3 is 15.1 Å². The molecule has 1 saturated heterocycles. The van der Waals surface area contributed by atoms with Crippen LogP contribution in [0.25, 0.3) is 0 Å². The number of rotatable bonds is 3. The highest BCUT2D eigenvalue weighted by molar-refractivity contribution is 14.1. The van der Waals surface area contributed by atoms with Gasteiger partial charge in [-0.3, -0.25) is 9.59 Å². The molecular formula is C14H19ClIN3O2. The van der Waals surface area contributed by atoms with Crippen molar-refractivity contribution >= 4 is 46.8 Å². The van der Waals surface area contributed by atoms with Crippen LogP contribution in [0.15, 0.2) is 24.3 Å². The van der Waals surface area contributed by atoms with E-state index in [1.54, 1.807) is 24.1 Å². The van der Waals surface area contributed by atoms with Crippen molar-refractivity contribution in [1.29, 1.82) is 0 Å². The topological polar surface area (TPSA) is 52.7 Å². The molecular weight excluding hydrogens is 405 g/mol. The zero-order valence-electron chi connectivity index (χ0n) is 11.8. The summed E-state index contributed by atoms with van der Waals surface area (Å²) < 4.78 is 1.08. The molecule has 7 heteroatoms. The third kappa shape index (κ3) is 5.12. The van der Waals surface area contributed by atoms with Crippen LogP contribution >= 0.6 is 35.0 Å². The van der Waals surface area contributed by atoms with E-state index in [2.05, 4.69) is 27.9 Å². The Morgan fingerprint density at radius 1 is 1.24 bits per heavy atom. The SMILES string of the molecule is CN(CC(=O)N1CCNCC1)C(=O)c1ccc(I)cc1.Cl. The van der Waals surface area contributed by atoms with E-state index in [9.17, 15) is 9.59 Å². The second-order valence-corrected chi connectivity index (χ2v) is 6.04. The largest absolute Gasteiger partial charge is 0.339 e. The Morgan fingerprint density at radius 2 is 1.81 bits per heavy atom. The standard InChI is InChI=1S/C14H18IN3O2.ClH/c1-17(10-13(19)18-8-6-16-7-9-18)14(20)11-2-4-12(15)5-3-11;/h2-5,16H,6-10H2,1H3;1H. The Hall–Kier alpha value is -0.860. The summed E-state index contributed by atoms with van der Waals surface area (Å²) in [6.45, 7) is 3.20. The van der Waals surface area contributed by atoms with Gasteiger partial charge in [0.25, 0.3) is 5.91 Å². The van der Waals surface area contributed by atoms with Gasteiger partial charge in [-0.1, -0.05) is 0 Å². The Balaban J connectivity index is 0.00000220. The summed E-state index contributed by atoms with van der Waals surface area (Å²) in [5.41, 5.74) is 0.612. The lowest BCUT2D eigenvalue weighted by atomic mass is 10.2. The van der Waals surface area contributed by atoms with E-state index in [1.165, 1.54) is 4.90 Å². The first-order valence-corrected chi connectivity index (χ1v) is 7.65. The Morgan fingerprint density at radius 3 is 2.38 bits per heavy atom. The molecule has 0 aliphatic carbocycles. The first-order chi connectivity index (χ1) is 9.58. The van der Waals surface area contributed by atoms with Crippen molar-refractivity contribution in [3.63, 3.8) is 0 Å². The molecule has 1 fully saturated rings. The van der Waals surface area contributed by atoms with Crippen molar-refractivity contribution in [3.05, 3.63) is 33.4 Å². The molecule has 2 rings (SSSR count). The second kappa shape index (κ2) is 8.55. The van der Waals surface area contributed by atoms with Crippen LogP contribution in [0.1, 0.15) is 10.4 Å². The lowest BCUT2D eigenvalue weighted by Gasteiger charge is -2.29. The van der Waals surface area contributed by atoms with Crippen molar-refractivity contribution < 1.29 is 9.59 Å². The molecule has 1 aliphatic rings. The van der Waals surface area contributed by atoms with Crippen molar-refractivity contribution in [2.24, 2.45) is 0 Å². The third-order valence-electron chi connectivity index (χ3n) is 3.28. The molecule has 116 valence electrons. The first-order valence-electron chi connectivity index (χ1n) is 6.57. The zero-order chi connectivity index (χ0) is 14.5. The van der Waals surface area contributed by atoms with E-state index in [1.807, 2.05) is 12.1 Å². The maximum absolute atomic E-state index is 12.2. The van der Waals surface area contributed by atoms with E-state index < -0.39 is 0 Å². The number of benzene rings is 1. The summed E-state index contributed by atoms with van der Waals surface area (Å²) in [5, 5.41) is 3.20. The van der Waals surface area contributed by atoms with Crippen LogP contribution in [0.2, 0.25) is 0 Å². The quantitative estimate of drug-likeness (QED) is 0.744. The second-order valence-electron chi connectivity index (χ2n) is 4.80. The van der Waals surface area contributed by atoms with Gasteiger partial charge in [0, 0.05) is 42.4 Å². The average Bonchev–Trinajstić information content (AvgIpc) is 2.48. The molecule has 0 atom stereocenters. The van der Waals surface area contributed by atoms with Crippen molar-refractivity contribution in [2.45, 2.75) is 0 Å². The molecule has 0 radical (unpaired) electrons. The van der Waals surface area contributed by atoms with Crippen molar-refractivity contribution in [1.82, 2.24) is 15.1 Å². The molecule has 0 aromatic heterocycles. The minimum Gasteiger partial charge on any atom is -0.339 e. The maximum Gasteiger partial charge on any atom is 0.254 e. The van der Waals surface area contributed by atoms with Crippen LogP contribution in [0, 0.1) is 3.57 Å². The molecule has 1 N–H and O–H groups in total. The van der Waals surface area contributed by atoms with Gasteiger partial charge in [0.05, 0.1) is 6.54 Å². The van der Waals surface area contributed by atoms with E-state index in [0.29, 0.717) is 18.7 Å². The Bertz CT molecular complexity index is 489. The number of likely N-dealkylation sites (N-methyl/N-ethyl adjacent to an activating group) is 1. The number of nitrogens with one attached hydrogen (secondary N) is 1. The normalized spacial score (nSPS) is 14.3. The van der Waals surface area contributed by atoms with Crippen LogP contribution in [0.4, 0.5) is 0 Å². The number of carbonyl (C=O) groups is 2. The number of hydrogen-bond acceptors (Lipinski definition) is 3. The molecule has 1 aliphatic heterocycles. The fraction of sp³-hybridized carbons (Fsp3) is 0.429. The molecule has 0 unspecified atom stereocenters. The molecule has 1 aromatic carbocycles. The summed E-state index contributed by atoms with van der Waals surface area (Å²) in [6.07, 6.45) is 0. The lowest BCUT2D eigenvalue weighted by Crippen LogP contribution is -2.49. The van der Waals surface area contributed by atoms with Crippen LogP contribution in [0.5, 0.6) is 0 Å². The fourth-order valence-electron chi connectivity index (χ4n) is 2.10. The molecule has 0 bridgehead atoms. The molecule has 0 spiro atoms. The predicted molar refractivity (Wildman–Crippen MR) is 92.8 cm³/mol. The molecule has 1 aromatic rings. The van der Waals surface area contributed by atoms with Gasteiger partial charge in [0.15, 0.2) is 0 Å². The maximum atomic E-state index is 12.2. The van der Waals surface area contributed by atoms with Crippen LogP contribution in [-0.2, 0) is 4.79 Å². The van der Waals surface area contributed by atoms with Crippen molar-refractivity contribution in [2.75, 3.05) is 39.8 Å². The number of halogens is 2. The van der Waals surface area contributed by atoms with E-state index in [0.717, 1.165) is 16.7 Å². The van der Waals surface area contributed by atoms with E-state index in [4.69, 9.17) is 0 Å². The highest BCUT2D eigenvalue weighted by atomic mass is 127. The van der Waals surface area contributed by atoms with Gasteiger partial charge in [-0.05, 0) is 46.9 Å². The van der Waals surface area contributed by atoms with Gasteiger partial charge in [-0.2, -0.15) is 0 Å². The summed E-state index contributed by atoms with van der Waals surface area (Å²) in [5.74, 6) is -0.113. The number of carbonyl (C=O) groups excluding carboxylic acids is 2. The summed E-state index contributed by atoms with van der Waals surface area (Å²) >= 11 is 2.19. The number of amides is 2. The summed E-state index contributed by atoms with van der Waals surface area (Å²) in [7, 11) is 1.67. The summed E-state index contributed by atoms with van der Waals surface area (Å²) in [6, 6.07) is 7.35. The van der Waals surface area contributed by atoms with Crippen LogP contribution in [-0.4, -0.2) is 61.4 Å². The predicted octanol–water partition coefficient (Wildman–Crippen LogP) is 1.22. The first kappa shape index (κ1) is 18.2. The van der Waals surface area contributed by atoms with Gasteiger partial charge >= 0.3 is 0 Å². The van der Waals surface area contributed by atoms with Gasteiger partial charge in [-0.25, -0.2) is 0 Å². The monoisotopic (exact) mass is 423 g/mol. The van der Waals surface area contributed by atoms with Crippen molar-refractivity contribution in [3.8, 4) is 0 Å². The molecule has 0 saturated carbocycles. The smallest absolute Gasteiger partial charge is 0.254 e. The van der Waals surface area contributed by atoms with Gasteiger partial charge in [-0.15, -0.1) is 12.4 Å². The third-order valence-corrected chi connectivity index (χ3v) is 4.00. The molecule has 1 heterocycles. The average molecular weight is 424 g/mol. The number of nitrogens with zero attached hydrogens (tertiary/aromatic N) is 2. The minimum atomic E-state index is -0.120. The highest BCUT2D eigenvalue weighted by Gasteiger charge is 2.20. The van der Waals surface area contributed by atoms with E-state index in [-0.39, 0.29) is 30.8 Å². The van der Waals surface area contributed by atoms with Crippen LogP contribution in [0.3, 0.4) is 0 Å². The van der Waals surface area contributed by atoms with E-state index >= 15 is 0 Å². The fourth-order valence-corrected chi connectivity index (χ4v) is 2.46. The Labute approximate surface area is 144 Å². The van der Waals surface area contributed by atoms with Gasteiger partial charge in [0.2, 0.25) is 5.91 Å². The number of piperazine rings is 1. The molecule has 21 heavy (non-hydrogen) atoms. The zero-order valence-corrected chi connectivity index (χ0v) is 14.8. The van der Waals surface area contributed by atoms with Crippen LogP contribution < -0.4 is 5.32 Å². The highest BCUT2D eigenvalue weighted by Crippen LogP contribution is 2.09. The minimum absolute atomic E-state index is 0. The number of hydrogen-bond donors (Lipinski definition) is 1. The molecule has 5 nitrogen and oxygen atoms in total. The molecule has 2 amide bonds. The Kier molecular flexibility index (Phi) is 7.41. The lowest BCUT2D eigenvalue weighted by molar-refractivity contribution is -0.132. The van der Waals surface area contributed by atoms with Gasteiger partial charge in [0.1, 0.15) is 0 Å². The summed E-state index contributed by atoms with van der Waals surface area (Å²) in [4.78, 5) is 27.6.